The molecule has 1 unspecified atom stereocenters. The molecule has 134 valence electrons. The maximum absolute atomic E-state index is 12.9. The highest BCUT2D eigenvalue weighted by molar-refractivity contribution is 7.89. The molecule has 0 spiro atoms. The number of sulfonamides is 1. The maximum atomic E-state index is 12.9. The maximum Gasteiger partial charge on any atom is 0.243 e. The lowest BCUT2D eigenvalue weighted by Crippen LogP contribution is -2.45. The summed E-state index contributed by atoms with van der Waals surface area (Å²) in [5.41, 5.74) is 0. The number of carbonyl (C=O) groups excluding carboxylic acids is 1. The number of rotatable bonds is 6. The first-order valence-corrected chi connectivity index (χ1v) is 9.42. The predicted octanol–water partition coefficient (Wildman–Crippen LogP) is 1.76. The molecule has 2 heterocycles. The predicted molar refractivity (Wildman–Crippen MR) is 90.5 cm³/mol. The Labute approximate surface area is 146 Å². The molecule has 1 aliphatic heterocycles. The summed E-state index contributed by atoms with van der Waals surface area (Å²) in [7, 11) is -2.22. The van der Waals surface area contributed by atoms with Crippen LogP contribution >= 0.6 is 0 Å². The van der Waals surface area contributed by atoms with Gasteiger partial charge in [0.25, 0.3) is 0 Å². The van der Waals surface area contributed by atoms with Crippen molar-refractivity contribution in [2.24, 2.45) is 0 Å². The number of amides is 1. The average Bonchev–Trinajstić information content (AvgIpc) is 3.31. The molecule has 0 saturated carbocycles. The topological polar surface area (TPSA) is 88.9 Å². The Morgan fingerprint density at radius 2 is 2.08 bits per heavy atom. The molecule has 8 heteroatoms. The second-order valence-electron chi connectivity index (χ2n) is 5.75. The first kappa shape index (κ1) is 17.5. The Kier molecular flexibility index (Phi) is 5.10. The molecule has 7 nitrogen and oxygen atoms in total. The third-order valence-electron chi connectivity index (χ3n) is 4.19. The minimum Gasteiger partial charge on any atom is -0.497 e. The highest BCUT2D eigenvalue weighted by Gasteiger charge is 2.39. The number of methoxy groups -OCH3 is 1. The molecule has 3 rings (SSSR count). The van der Waals surface area contributed by atoms with E-state index in [1.165, 1.54) is 29.8 Å². The molecule has 0 bridgehead atoms. The summed E-state index contributed by atoms with van der Waals surface area (Å²) in [6, 6.07) is 8.94. The molecule has 1 amide bonds. The number of furan rings is 1. The summed E-state index contributed by atoms with van der Waals surface area (Å²) >= 11 is 0. The number of hydrogen-bond acceptors (Lipinski definition) is 5. The van der Waals surface area contributed by atoms with E-state index in [-0.39, 0.29) is 17.3 Å². The normalized spacial score (nSPS) is 18.2. The van der Waals surface area contributed by atoms with E-state index in [4.69, 9.17) is 9.15 Å². The van der Waals surface area contributed by atoms with Crippen molar-refractivity contribution >= 4 is 15.9 Å². The zero-order chi connectivity index (χ0) is 17.9. The second kappa shape index (κ2) is 7.28. The van der Waals surface area contributed by atoms with Crippen molar-refractivity contribution in [2.45, 2.75) is 30.3 Å². The minimum atomic E-state index is -3.74. The molecule has 0 radical (unpaired) electrons. The Hall–Kier alpha value is -2.32. The largest absolute Gasteiger partial charge is 0.497 e. The number of ether oxygens (including phenoxy) is 1. The molecule has 1 saturated heterocycles. The number of hydrogen-bond donors (Lipinski definition) is 1. The molecule has 2 aromatic rings. The Balaban J connectivity index is 1.73. The van der Waals surface area contributed by atoms with Crippen molar-refractivity contribution in [1.82, 2.24) is 9.62 Å². The van der Waals surface area contributed by atoms with Crippen LogP contribution in [0.2, 0.25) is 0 Å². The van der Waals surface area contributed by atoms with Crippen LogP contribution in [0.5, 0.6) is 5.75 Å². The molecular weight excluding hydrogens is 344 g/mol. The summed E-state index contributed by atoms with van der Waals surface area (Å²) in [6.45, 7) is 0.561. The molecule has 1 aromatic heterocycles. The van der Waals surface area contributed by atoms with Crippen molar-refractivity contribution in [2.75, 3.05) is 13.7 Å². The standard InChI is InChI=1S/C17H20N2O5S/c1-23-13-6-8-15(9-7-13)25(21,22)19-10-2-5-16(19)17(20)18-12-14-4-3-11-24-14/h3-4,6-9,11,16H,2,5,10,12H2,1H3,(H,18,20). The number of benzene rings is 1. The Bertz CT molecular complexity index is 815. The van der Waals surface area contributed by atoms with E-state index in [2.05, 4.69) is 5.32 Å². The van der Waals surface area contributed by atoms with Crippen LogP contribution in [0.1, 0.15) is 18.6 Å². The van der Waals surface area contributed by atoms with E-state index in [0.717, 1.165) is 0 Å². The van der Waals surface area contributed by atoms with Gasteiger partial charge in [0.1, 0.15) is 17.6 Å². The van der Waals surface area contributed by atoms with Crippen molar-refractivity contribution < 1.29 is 22.4 Å². The summed E-state index contributed by atoms with van der Waals surface area (Å²) in [6.07, 6.45) is 2.67. The van der Waals surface area contributed by atoms with Gasteiger partial charge in [0.05, 0.1) is 24.8 Å². The van der Waals surface area contributed by atoms with Crippen molar-refractivity contribution in [3.8, 4) is 5.75 Å². The van der Waals surface area contributed by atoms with E-state index < -0.39 is 16.1 Å². The fourth-order valence-electron chi connectivity index (χ4n) is 2.88. The van der Waals surface area contributed by atoms with Crippen LogP contribution in [0.25, 0.3) is 0 Å². The van der Waals surface area contributed by atoms with Gasteiger partial charge in [-0.1, -0.05) is 0 Å². The van der Waals surface area contributed by atoms with Gasteiger partial charge in [0, 0.05) is 6.54 Å². The summed E-state index contributed by atoms with van der Waals surface area (Å²) < 4.78 is 37.2. The van der Waals surface area contributed by atoms with Gasteiger partial charge in [0.2, 0.25) is 15.9 Å². The molecule has 1 aromatic carbocycles. The molecule has 1 aliphatic rings. The fraction of sp³-hybridized carbons (Fsp3) is 0.353. The van der Waals surface area contributed by atoms with Gasteiger partial charge in [-0.15, -0.1) is 0 Å². The van der Waals surface area contributed by atoms with Crippen LogP contribution < -0.4 is 10.1 Å². The lowest BCUT2D eigenvalue weighted by molar-refractivity contribution is -0.124. The SMILES string of the molecule is COc1ccc(S(=O)(=O)N2CCCC2C(=O)NCc2ccco2)cc1. The van der Waals surface area contributed by atoms with Gasteiger partial charge in [-0.25, -0.2) is 8.42 Å². The number of nitrogens with zero attached hydrogens (tertiary/aromatic N) is 1. The zero-order valence-corrected chi connectivity index (χ0v) is 14.7. The van der Waals surface area contributed by atoms with Gasteiger partial charge < -0.3 is 14.5 Å². The quantitative estimate of drug-likeness (QED) is 0.844. The highest BCUT2D eigenvalue weighted by Crippen LogP contribution is 2.27. The third kappa shape index (κ3) is 3.69. The first-order valence-electron chi connectivity index (χ1n) is 7.98. The summed E-state index contributed by atoms with van der Waals surface area (Å²) in [5.74, 6) is 0.884. The minimum absolute atomic E-state index is 0.152. The van der Waals surface area contributed by atoms with Crippen LogP contribution in [0.15, 0.2) is 52.0 Å². The van der Waals surface area contributed by atoms with Crippen LogP contribution in [0.4, 0.5) is 0 Å². The van der Waals surface area contributed by atoms with Crippen molar-refractivity contribution in [1.29, 1.82) is 0 Å². The second-order valence-corrected chi connectivity index (χ2v) is 7.64. The zero-order valence-electron chi connectivity index (χ0n) is 13.8. The lowest BCUT2D eigenvalue weighted by Gasteiger charge is -2.23. The smallest absolute Gasteiger partial charge is 0.243 e. The number of carbonyl (C=O) groups is 1. The van der Waals surface area contributed by atoms with Crippen LogP contribution in [0, 0.1) is 0 Å². The van der Waals surface area contributed by atoms with E-state index in [1.807, 2.05) is 0 Å². The van der Waals surface area contributed by atoms with E-state index in [1.54, 1.807) is 24.3 Å². The molecule has 25 heavy (non-hydrogen) atoms. The van der Waals surface area contributed by atoms with Crippen LogP contribution in [-0.2, 0) is 21.4 Å². The first-order chi connectivity index (χ1) is 12.0. The Morgan fingerprint density at radius 3 is 2.72 bits per heavy atom. The molecule has 1 fully saturated rings. The van der Waals surface area contributed by atoms with Gasteiger partial charge in [-0.2, -0.15) is 4.31 Å². The van der Waals surface area contributed by atoms with E-state index in [9.17, 15) is 13.2 Å². The Morgan fingerprint density at radius 1 is 1.32 bits per heavy atom. The van der Waals surface area contributed by atoms with Gasteiger partial charge in [-0.3, -0.25) is 4.79 Å². The van der Waals surface area contributed by atoms with Crippen LogP contribution in [-0.4, -0.2) is 38.3 Å². The molecule has 0 aliphatic carbocycles. The van der Waals surface area contributed by atoms with Gasteiger partial charge in [0.15, 0.2) is 0 Å². The van der Waals surface area contributed by atoms with Crippen LogP contribution in [0.3, 0.4) is 0 Å². The van der Waals surface area contributed by atoms with E-state index >= 15 is 0 Å². The fourth-order valence-corrected chi connectivity index (χ4v) is 4.53. The highest BCUT2D eigenvalue weighted by atomic mass is 32.2. The van der Waals surface area contributed by atoms with E-state index in [0.29, 0.717) is 30.9 Å². The van der Waals surface area contributed by atoms with Gasteiger partial charge in [-0.05, 0) is 49.2 Å². The number of nitrogens with one attached hydrogen (secondary N) is 1. The van der Waals surface area contributed by atoms with Crippen molar-refractivity contribution in [3.63, 3.8) is 0 Å². The molecular formula is C17H20N2O5S. The summed E-state index contributed by atoms with van der Waals surface area (Å²) in [5, 5.41) is 2.74. The lowest BCUT2D eigenvalue weighted by atomic mass is 10.2. The average molecular weight is 364 g/mol. The van der Waals surface area contributed by atoms with Crippen molar-refractivity contribution in [3.05, 3.63) is 48.4 Å². The molecule has 1 atom stereocenters. The monoisotopic (exact) mass is 364 g/mol. The summed E-state index contributed by atoms with van der Waals surface area (Å²) in [4.78, 5) is 12.6. The third-order valence-corrected chi connectivity index (χ3v) is 6.11. The molecule has 1 N–H and O–H groups in total. The van der Waals surface area contributed by atoms with Gasteiger partial charge >= 0.3 is 0 Å².